The number of hydrogen-bond donors (Lipinski definition) is 6. The van der Waals surface area contributed by atoms with E-state index in [0.717, 1.165) is 57.7 Å². The minimum atomic E-state index is -0.911. The number of ether oxygens (including phenoxy) is 1. The number of benzene rings is 4. The van der Waals surface area contributed by atoms with Crippen molar-refractivity contribution >= 4 is 81.9 Å². The first kappa shape index (κ1) is 50.4. The summed E-state index contributed by atoms with van der Waals surface area (Å²) in [6.45, 7) is 0. The van der Waals surface area contributed by atoms with Crippen LogP contribution < -0.4 is 15.9 Å². The van der Waals surface area contributed by atoms with Crippen LogP contribution in [0.4, 0.5) is 0 Å². The molecule has 0 radical (unpaired) electrons. The Bertz CT molecular complexity index is 3030. The number of aromatic hydroxyl groups is 1. The molecule has 4 heterocycles. The number of nitrogens with one attached hydrogen (secondary N) is 4. The van der Waals surface area contributed by atoms with Crippen LogP contribution in [-0.2, 0) is 37.2 Å². The normalized spacial score (nSPS) is 10.6. The van der Waals surface area contributed by atoms with E-state index in [1.165, 1.54) is 40.7 Å². The summed E-state index contributed by atoms with van der Waals surface area (Å²) in [5.41, 5.74) is 5.72. The predicted octanol–water partition coefficient (Wildman–Crippen LogP) is 12.5. The molecule has 8 aromatic rings. The van der Waals surface area contributed by atoms with Crippen LogP contribution in [0.25, 0.3) is 0 Å². The zero-order chi connectivity index (χ0) is 47.7. The third kappa shape index (κ3) is 16.1. The standard InChI is InChI=1S/C25H20Cl2N2O3S.C13H13NO2.C12H9Cl2NO2S/c26-20-9-8-19(12-21(20)27)33-15-18-11-23(24(30)29-14-18)32-25(31)22-10-17(13-28-22)7-6-16-4-2-1-3-5-16;15-13(16)12-8-11(9-14-12)7-6-10-4-2-1-3-5-10;13-9-2-1-8(4-10(9)14)18-6-7-3-11(16)12(17)15-5-7/h1-5,8-14,28H,6-7,15H2,(H,29,30);1-5,8-9,14H,6-7H2,(H,15,16);1-5,16H,6H2,(H,15,17). The molecule has 11 nitrogen and oxygen atoms in total. The topological polar surface area (TPSA) is 181 Å². The molecule has 0 aliphatic carbocycles. The maximum absolute atomic E-state index is 12.6. The summed E-state index contributed by atoms with van der Waals surface area (Å²) >= 11 is 26.8. The van der Waals surface area contributed by atoms with Gasteiger partial charge in [0.15, 0.2) is 11.5 Å². The van der Waals surface area contributed by atoms with Gasteiger partial charge in [-0.2, -0.15) is 0 Å². The molecule has 17 heteroatoms. The maximum atomic E-state index is 12.6. The van der Waals surface area contributed by atoms with E-state index in [-0.39, 0.29) is 17.2 Å². The Kier molecular flexibility index (Phi) is 18.9. The molecule has 6 N–H and O–H groups in total. The van der Waals surface area contributed by atoms with E-state index in [4.69, 9.17) is 56.2 Å². The largest absolute Gasteiger partial charge is 0.503 e. The number of carboxylic acid groups (broad SMARTS) is 1. The van der Waals surface area contributed by atoms with Crippen molar-refractivity contribution in [2.45, 2.75) is 47.0 Å². The fourth-order valence-corrected chi connectivity index (χ4v) is 8.62. The number of thioether (sulfide) groups is 2. The van der Waals surface area contributed by atoms with Gasteiger partial charge in [0.1, 0.15) is 11.4 Å². The molecule has 0 amide bonds. The van der Waals surface area contributed by atoms with Crippen LogP contribution in [0.2, 0.25) is 20.1 Å². The molecular weight excluding hydrogens is 975 g/mol. The lowest BCUT2D eigenvalue weighted by Crippen LogP contribution is -2.17. The average molecular weight is 1020 g/mol. The smallest absolute Gasteiger partial charge is 0.360 e. The number of aromatic carboxylic acids is 1. The minimum absolute atomic E-state index is 0.0484. The SMILES string of the molecule is O=C(O)c1cc(CCc2ccccc2)c[nH]1.O=C(Oc1cc(CSc2ccc(Cl)c(Cl)c2)c[nH]c1=O)c1cc(CCc2ccccc2)c[nH]1.O=c1[nH]cc(CSc2ccc(Cl)c(Cl)c2)cc1O. The molecule has 0 saturated carbocycles. The lowest BCUT2D eigenvalue weighted by atomic mass is 10.1. The highest BCUT2D eigenvalue weighted by atomic mass is 35.5. The summed E-state index contributed by atoms with van der Waals surface area (Å²) in [6, 6.07) is 37.5. The molecule has 0 aliphatic heterocycles. The third-order valence-electron chi connectivity index (χ3n) is 9.69. The van der Waals surface area contributed by atoms with E-state index < -0.39 is 23.1 Å². The predicted molar refractivity (Wildman–Crippen MR) is 269 cm³/mol. The van der Waals surface area contributed by atoms with Crippen molar-refractivity contribution in [1.82, 2.24) is 19.9 Å². The van der Waals surface area contributed by atoms with Gasteiger partial charge in [-0.1, -0.05) is 107 Å². The van der Waals surface area contributed by atoms with Crippen molar-refractivity contribution < 1.29 is 24.5 Å². The van der Waals surface area contributed by atoms with E-state index in [9.17, 15) is 24.3 Å². The lowest BCUT2D eigenvalue weighted by molar-refractivity contribution is 0.0688. The highest BCUT2D eigenvalue weighted by Gasteiger charge is 2.15. The Morgan fingerprint density at radius 3 is 1.42 bits per heavy atom. The second-order valence-corrected chi connectivity index (χ2v) is 18.4. The minimum Gasteiger partial charge on any atom is -0.503 e. The van der Waals surface area contributed by atoms with E-state index >= 15 is 0 Å². The second-order valence-electron chi connectivity index (χ2n) is 14.7. The van der Waals surface area contributed by atoms with Crippen LogP contribution in [0, 0.1) is 0 Å². The number of esters is 1. The van der Waals surface area contributed by atoms with Crippen molar-refractivity contribution in [3.8, 4) is 11.5 Å². The summed E-state index contributed by atoms with van der Waals surface area (Å²) in [6.07, 6.45) is 10.2. The molecule has 0 bridgehead atoms. The third-order valence-corrected chi connectivity index (χ3v) is 13.3. The summed E-state index contributed by atoms with van der Waals surface area (Å²) in [7, 11) is 0. The number of carboxylic acids is 1. The number of rotatable bonds is 15. The van der Waals surface area contributed by atoms with Gasteiger partial charge in [-0.3, -0.25) is 9.59 Å². The summed E-state index contributed by atoms with van der Waals surface area (Å²) in [5.74, 6) is -0.685. The lowest BCUT2D eigenvalue weighted by Gasteiger charge is -2.06. The van der Waals surface area contributed by atoms with Gasteiger partial charge >= 0.3 is 11.9 Å². The van der Waals surface area contributed by atoms with Crippen LogP contribution >= 0.6 is 69.9 Å². The zero-order valence-electron chi connectivity index (χ0n) is 35.4. The van der Waals surface area contributed by atoms with Gasteiger partial charge in [-0.25, -0.2) is 9.59 Å². The molecular formula is C50H42Cl4N4O7S2. The summed E-state index contributed by atoms with van der Waals surface area (Å²) < 4.78 is 5.37. The Morgan fingerprint density at radius 1 is 0.493 bits per heavy atom. The van der Waals surface area contributed by atoms with Gasteiger partial charge in [0.25, 0.3) is 11.1 Å². The van der Waals surface area contributed by atoms with Crippen molar-refractivity contribution in [2.24, 2.45) is 0 Å². The number of carbonyl (C=O) groups excluding carboxylic acids is 1. The maximum Gasteiger partial charge on any atom is 0.360 e. The summed E-state index contributed by atoms with van der Waals surface area (Å²) in [4.78, 5) is 59.1. The first-order valence-corrected chi connectivity index (χ1v) is 23.9. The van der Waals surface area contributed by atoms with Gasteiger partial charge in [-0.15, -0.1) is 23.5 Å². The fourth-order valence-electron chi connectivity index (χ4n) is 6.16. The molecule has 4 aromatic heterocycles. The van der Waals surface area contributed by atoms with Crippen molar-refractivity contribution in [3.05, 3.63) is 232 Å². The molecule has 4 aromatic carbocycles. The Morgan fingerprint density at radius 2 is 0.940 bits per heavy atom. The first-order chi connectivity index (χ1) is 32.3. The first-order valence-electron chi connectivity index (χ1n) is 20.5. The van der Waals surface area contributed by atoms with Crippen molar-refractivity contribution in [1.29, 1.82) is 0 Å². The number of aryl methyl sites for hydroxylation is 4. The quantitative estimate of drug-likeness (QED) is 0.0430. The van der Waals surface area contributed by atoms with Gasteiger partial charge < -0.3 is 34.9 Å². The summed E-state index contributed by atoms with van der Waals surface area (Å²) in [5, 5.41) is 20.0. The van der Waals surface area contributed by atoms with Crippen LogP contribution in [-0.4, -0.2) is 42.1 Å². The molecule has 0 spiro atoms. The number of pyridine rings is 2. The number of halogens is 4. The second kappa shape index (κ2) is 25.2. The molecule has 0 saturated heterocycles. The van der Waals surface area contributed by atoms with Crippen LogP contribution in [0.1, 0.15) is 54.4 Å². The van der Waals surface area contributed by atoms with Crippen molar-refractivity contribution in [2.75, 3.05) is 0 Å². The van der Waals surface area contributed by atoms with Gasteiger partial charge in [0, 0.05) is 46.1 Å². The van der Waals surface area contributed by atoms with E-state index in [0.29, 0.717) is 37.3 Å². The van der Waals surface area contributed by atoms with Crippen LogP contribution in [0.3, 0.4) is 0 Å². The Labute approximate surface area is 413 Å². The number of aromatic nitrogens is 4. The van der Waals surface area contributed by atoms with Gasteiger partial charge in [-0.05, 0) is 120 Å². The Balaban J connectivity index is 0.000000183. The fraction of sp³-hybridized carbons (Fsp3) is 0.120. The molecule has 8 rings (SSSR count). The van der Waals surface area contributed by atoms with E-state index in [1.54, 1.807) is 67.3 Å². The number of carbonyl (C=O) groups is 2. The van der Waals surface area contributed by atoms with Gasteiger partial charge in [0.2, 0.25) is 0 Å². The molecule has 344 valence electrons. The molecule has 67 heavy (non-hydrogen) atoms. The van der Waals surface area contributed by atoms with Crippen molar-refractivity contribution in [3.63, 3.8) is 0 Å². The molecule has 0 fully saturated rings. The van der Waals surface area contributed by atoms with E-state index in [2.05, 4.69) is 44.2 Å². The average Bonchev–Trinajstić information content (AvgIpc) is 4.03. The number of hydrogen-bond acceptors (Lipinski definition) is 8. The number of H-pyrrole nitrogens is 4. The van der Waals surface area contributed by atoms with Crippen LogP contribution in [0.5, 0.6) is 11.5 Å². The molecule has 0 atom stereocenters. The number of aromatic amines is 4. The Hall–Kier alpha value is -6.06. The molecule has 0 aliphatic rings. The monoisotopic (exact) mass is 1010 g/mol. The molecule has 0 unspecified atom stereocenters. The highest BCUT2D eigenvalue weighted by Crippen LogP contribution is 2.31. The van der Waals surface area contributed by atoms with Gasteiger partial charge in [0.05, 0.1) is 20.1 Å². The zero-order valence-corrected chi connectivity index (χ0v) is 40.0. The highest BCUT2D eigenvalue weighted by molar-refractivity contribution is 7.98. The van der Waals surface area contributed by atoms with Crippen LogP contribution in [0.15, 0.2) is 165 Å². The van der Waals surface area contributed by atoms with E-state index in [1.807, 2.05) is 48.5 Å².